The van der Waals surface area contributed by atoms with Crippen molar-refractivity contribution >= 4 is 11.9 Å². The van der Waals surface area contributed by atoms with Crippen molar-refractivity contribution in [1.82, 2.24) is 25.4 Å². The third-order valence-corrected chi connectivity index (χ3v) is 5.69. The zero-order valence-electron chi connectivity index (χ0n) is 17.1. The van der Waals surface area contributed by atoms with Gasteiger partial charge < -0.3 is 15.5 Å². The molecule has 154 valence electrons. The Labute approximate surface area is 167 Å². The number of urea groups is 1. The van der Waals surface area contributed by atoms with E-state index in [-0.39, 0.29) is 23.9 Å². The summed E-state index contributed by atoms with van der Waals surface area (Å²) in [7, 11) is 0. The number of aromatic nitrogens is 1. The van der Waals surface area contributed by atoms with Crippen molar-refractivity contribution in [1.29, 1.82) is 0 Å². The smallest absolute Gasteiger partial charge is 0.317 e. The number of nitrogens with zero attached hydrogens (tertiary/aromatic N) is 3. The second kappa shape index (κ2) is 9.87. The van der Waals surface area contributed by atoms with Crippen LogP contribution in [0.25, 0.3) is 0 Å². The molecule has 3 amide bonds. The Morgan fingerprint density at radius 2 is 2.00 bits per heavy atom. The summed E-state index contributed by atoms with van der Waals surface area (Å²) in [5.41, 5.74) is 1.02. The highest BCUT2D eigenvalue weighted by Gasteiger charge is 2.32. The van der Waals surface area contributed by atoms with E-state index in [0.29, 0.717) is 12.6 Å². The first-order valence-electron chi connectivity index (χ1n) is 10.5. The lowest BCUT2D eigenvalue weighted by Gasteiger charge is -2.42. The molecule has 2 N–H and O–H groups in total. The summed E-state index contributed by atoms with van der Waals surface area (Å²) in [6, 6.07) is 4.54. The van der Waals surface area contributed by atoms with Crippen LogP contribution in [0.5, 0.6) is 0 Å². The number of amides is 3. The van der Waals surface area contributed by atoms with Crippen molar-refractivity contribution in [2.45, 2.75) is 58.2 Å². The molecular formula is C21H33N5O2. The van der Waals surface area contributed by atoms with Gasteiger partial charge in [-0.05, 0) is 57.7 Å². The third kappa shape index (κ3) is 5.67. The number of rotatable bonds is 5. The Kier molecular flexibility index (Phi) is 7.25. The van der Waals surface area contributed by atoms with Gasteiger partial charge in [0.05, 0.1) is 5.92 Å². The highest BCUT2D eigenvalue weighted by molar-refractivity contribution is 5.79. The highest BCUT2D eigenvalue weighted by atomic mass is 16.2. The average molecular weight is 388 g/mol. The molecule has 1 aromatic rings. The molecule has 0 radical (unpaired) electrons. The van der Waals surface area contributed by atoms with Gasteiger partial charge in [-0.25, -0.2) is 4.79 Å². The molecule has 2 saturated heterocycles. The summed E-state index contributed by atoms with van der Waals surface area (Å²) in [5, 5.41) is 6.04. The van der Waals surface area contributed by atoms with Crippen LogP contribution in [0.1, 0.15) is 45.1 Å². The van der Waals surface area contributed by atoms with E-state index in [1.54, 1.807) is 12.4 Å². The van der Waals surface area contributed by atoms with Gasteiger partial charge in [0.25, 0.3) is 0 Å². The van der Waals surface area contributed by atoms with E-state index in [2.05, 4.69) is 20.5 Å². The molecular weight excluding hydrogens is 354 g/mol. The minimum Gasteiger partial charge on any atom is -0.352 e. The maximum Gasteiger partial charge on any atom is 0.317 e. The minimum absolute atomic E-state index is 0.0414. The molecule has 7 heteroatoms. The largest absolute Gasteiger partial charge is 0.352 e. The predicted molar refractivity (Wildman–Crippen MR) is 109 cm³/mol. The Bertz CT molecular complexity index is 643. The van der Waals surface area contributed by atoms with E-state index in [4.69, 9.17) is 0 Å². The van der Waals surface area contributed by atoms with Crippen molar-refractivity contribution in [3.05, 3.63) is 30.1 Å². The molecule has 0 aliphatic carbocycles. The number of hydrogen-bond acceptors (Lipinski definition) is 4. The number of hydrogen-bond donors (Lipinski definition) is 2. The minimum atomic E-state index is 0.0414. The number of piperidine rings is 2. The Hall–Kier alpha value is -2.15. The second-order valence-electron chi connectivity index (χ2n) is 8.24. The topological polar surface area (TPSA) is 77.6 Å². The monoisotopic (exact) mass is 387 g/mol. The quantitative estimate of drug-likeness (QED) is 0.810. The maximum atomic E-state index is 12.6. The van der Waals surface area contributed by atoms with Crippen LogP contribution in [0.3, 0.4) is 0 Å². The lowest BCUT2D eigenvalue weighted by molar-refractivity contribution is -0.127. The van der Waals surface area contributed by atoms with Crippen LogP contribution in [0.4, 0.5) is 4.79 Å². The molecule has 28 heavy (non-hydrogen) atoms. The molecule has 7 nitrogen and oxygen atoms in total. The van der Waals surface area contributed by atoms with E-state index < -0.39 is 0 Å². The number of nitrogens with one attached hydrogen (secondary N) is 2. The number of carbonyl (C=O) groups excluding carboxylic acids is 2. The summed E-state index contributed by atoms with van der Waals surface area (Å²) >= 11 is 0. The molecule has 0 unspecified atom stereocenters. The second-order valence-corrected chi connectivity index (χ2v) is 8.24. The SMILES string of the molecule is CC(C)NC(=O)N1CCC(N2CCC[C@@H](C(=O)NCc3cccnc3)C2)CC1. The van der Waals surface area contributed by atoms with Gasteiger partial charge in [-0.2, -0.15) is 0 Å². The molecule has 2 aliphatic heterocycles. The van der Waals surface area contributed by atoms with Gasteiger partial charge in [0.2, 0.25) is 5.91 Å². The van der Waals surface area contributed by atoms with Crippen LogP contribution in [0.15, 0.2) is 24.5 Å². The van der Waals surface area contributed by atoms with E-state index in [9.17, 15) is 9.59 Å². The predicted octanol–water partition coefficient (Wildman–Crippen LogP) is 1.99. The van der Waals surface area contributed by atoms with Crippen molar-refractivity contribution in [3.63, 3.8) is 0 Å². The highest BCUT2D eigenvalue weighted by Crippen LogP contribution is 2.24. The number of carbonyl (C=O) groups is 2. The van der Waals surface area contributed by atoms with Crippen LogP contribution >= 0.6 is 0 Å². The lowest BCUT2D eigenvalue weighted by Crippen LogP contribution is -2.53. The molecule has 1 aromatic heterocycles. The van der Waals surface area contributed by atoms with Gasteiger partial charge in [-0.15, -0.1) is 0 Å². The molecule has 3 rings (SSSR count). The molecule has 2 fully saturated rings. The molecule has 0 spiro atoms. The average Bonchev–Trinajstić information content (AvgIpc) is 2.72. The van der Waals surface area contributed by atoms with Crippen molar-refractivity contribution in [2.75, 3.05) is 26.2 Å². The molecule has 0 aromatic carbocycles. The number of likely N-dealkylation sites (tertiary alicyclic amines) is 2. The Morgan fingerprint density at radius 1 is 1.21 bits per heavy atom. The summed E-state index contributed by atoms with van der Waals surface area (Å²) in [6.07, 6.45) is 7.49. The van der Waals surface area contributed by atoms with Gasteiger partial charge in [0, 0.05) is 50.7 Å². The van der Waals surface area contributed by atoms with Crippen LogP contribution in [-0.4, -0.2) is 65.0 Å². The number of pyridine rings is 1. The van der Waals surface area contributed by atoms with E-state index >= 15 is 0 Å². The summed E-state index contributed by atoms with van der Waals surface area (Å²) < 4.78 is 0. The molecule has 0 bridgehead atoms. The van der Waals surface area contributed by atoms with E-state index in [0.717, 1.165) is 57.4 Å². The fourth-order valence-electron chi connectivity index (χ4n) is 4.16. The first kappa shape index (κ1) is 20.6. The van der Waals surface area contributed by atoms with Gasteiger partial charge in [0.15, 0.2) is 0 Å². The lowest BCUT2D eigenvalue weighted by atomic mass is 9.93. The third-order valence-electron chi connectivity index (χ3n) is 5.69. The van der Waals surface area contributed by atoms with Crippen LogP contribution in [-0.2, 0) is 11.3 Å². The van der Waals surface area contributed by atoms with Gasteiger partial charge >= 0.3 is 6.03 Å². The van der Waals surface area contributed by atoms with E-state index in [1.807, 2.05) is 30.9 Å². The van der Waals surface area contributed by atoms with Crippen LogP contribution in [0.2, 0.25) is 0 Å². The van der Waals surface area contributed by atoms with E-state index in [1.165, 1.54) is 0 Å². The fourth-order valence-corrected chi connectivity index (χ4v) is 4.16. The van der Waals surface area contributed by atoms with Crippen LogP contribution < -0.4 is 10.6 Å². The first-order valence-corrected chi connectivity index (χ1v) is 10.5. The zero-order chi connectivity index (χ0) is 19.9. The van der Waals surface area contributed by atoms with Crippen LogP contribution in [0, 0.1) is 5.92 Å². The van der Waals surface area contributed by atoms with Crippen molar-refractivity contribution in [3.8, 4) is 0 Å². The summed E-state index contributed by atoms with van der Waals surface area (Å²) in [5.74, 6) is 0.190. The normalized spacial score (nSPS) is 21.5. The summed E-state index contributed by atoms with van der Waals surface area (Å²) in [6.45, 7) is 7.95. The Morgan fingerprint density at radius 3 is 2.68 bits per heavy atom. The van der Waals surface area contributed by atoms with Gasteiger partial charge in [-0.3, -0.25) is 14.7 Å². The molecule has 1 atom stereocenters. The standard InChI is InChI=1S/C21H33N5O2/c1-16(2)24-21(28)25-11-7-19(8-12-25)26-10-4-6-18(15-26)20(27)23-14-17-5-3-9-22-13-17/h3,5,9,13,16,18-19H,4,6-8,10-12,14-15H2,1-2H3,(H,23,27)(H,24,28)/t18-/m1/s1. The van der Waals surface area contributed by atoms with Gasteiger partial charge in [0.1, 0.15) is 0 Å². The van der Waals surface area contributed by atoms with Gasteiger partial charge in [-0.1, -0.05) is 6.07 Å². The summed E-state index contributed by atoms with van der Waals surface area (Å²) in [4.78, 5) is 33.3. The molecule has 3 heterocycles. The molecule has 0 saturated carbocycles. The van der Waals surface area contributed by atoms with Crippen molar-refractivity contribution < 1.29 is 9.59 Å². The van der Waals surface area contributed by atoms with Crippen molar-refractivity contribution in [2.24, 2.45) is 5.92 Å². The molecule has 2 aliphatic rings. The maximum absolute atomic E-state index is 12.6. The first-order chi connectivity index (χ1) is 13.5. The Balaban J connectivity index is 1.44. The fraction of sp³-hybridized carbons (Fsp3) is 0.667. The zero-order valence-corrected chi connectivity index (χ0v) is 17.1.